The summed E-state index contributed by atoms with van der Waals surface area (Å²) in [5.74, 6) is 2.00. The molecule has 4 aliphatic carbocycles. The van der Waals surface area contributed by atoms with Crippen LogP contribution in [-0.4, -0.2) is 52.1 Å². The molecule has 8 heteroatoms. The smallest absolute Gasteiger partial charge is 0.303 e. The summed E-state index contributed by atoms with van der Waals surface area (Å²) in [7, 11) is 1.22. The van der Waals surface area contributed by atoms with Gasteiger partial charge in [-0.25, -0.2) is 0 Å². The van der Waals surface area contributed by atoms with Gasteiger partial charge in [-0.2, -0.15) is 0 Å². The van der Waals surface area contributed by atoms with Crippen molar-refractivity contribution in [2.24, 2.45) is 44.8 Å². The molecule has 0 spiro atoms. The minimum Gasteiger partial charge on any atom is -0.459 e. The summed E-state index contributed by atoms with van der Waals surface area (Å²) in [6.45, 7) is 15.6. The van der Waals surface area contributed by atoms with Crippen LogP contribution in [0.15, 0.2) is 22.0 Å². The Morgan fingerprint density at radius 1 is 1.08 bits per heavy atom. The number of fused-ring (bicyclic) bond motifs is 5. The van der Waals surface area contributed by atoms with Crippen LogP contribution < -0.4 is 0 Å². The van der Waals surface area contributed by atoms with Gasteiger partial charge in [-0.1, -0.05) is 36.7 Å². The Labute approximate surface area is 224 Å². The SMILES string of the molecule is CO/N=C1/C=C2[C@@H](C)C[C@@H]3[C@H](CC[C@@]4(C)[C@H]3CC[C@]4(O[Si](C)(C)C)/C(COC(C)=O)=N/OC)[C@@]2(C)CC1. The van der Waals surface area contributed by atoms with E-state index in [4.69, 9.17) is 18.8 Å². The molecule has 7 atom stereocenters. The van der Waals surface area contributed by atoms with Gasteiger partial charge in [0, 0.05) is 12.3 Å². The second-order valence-electron chi connectivity index (χ2n) is 13.3. The van der Waals surface area contributed by atoms with E-state index in [1.54, 1.807) is 19.8 Å². The van der Waals surface area contributed by atoms with E-state index in [2.05, 4.69) is 56.8 Å². The first kappa shape index (κ1) is 28.3. The number of rotatable bonds is 7. The van der Waals surface area contributed by atoms with Gasteiger partial charge in [-0.3, -0.25) is 4.79 Å². The average Bonchev–Trinajstić information content (AvgIpc) is 3.09. The highest BCUT2D eigenvalue weighted by Crippen LogP contribution is 2.69. The fourth-order valence-electron chi connectivity index (χ4n) is 8.90. The lowest BCUT2D eigenvalue weighted by atomic mass is 9.44. The van der Waals surface area contributed by atoms with E-state index in [0.29, 0.717) is 23.7 Å². The van der Waals surface area contributed by atoms with E-state index in [9.17, 15) is 4.79 Å². The van der Waals surface area contributed by atoms with Crippen LogP contribution in [-0.2, 0) is 23.6 Å². The number of oxime groups is 2. The molecular weight excluding hydrogens is 484 g/mol. The number of hydrogen-bond donors (Lipinski definition) is 0. The molecule has 0 radical (unpaired) electrons. The third-order valence-electron chi connectivity index (χ3n) is 10.2. The molecule has 0 saturated heterocycles. The fraction of sp³-hybridized carbons (Fsp3) is 0.828. The van der Waals surface area contributed by atoms with Crippen molar-refractivity contribution < 1.29 is 23.6 Å². The lowest BCUT2D eigenvalue weighted by Gasteiger charge is -2.61. The highest BCUT2D eigenvalue weighted by Gasteiger charge is 2.67. The van der Waals surface area contributed by atoms with Gasteiger partial charge in [0.2, 0.25) is 0 Å². The minimum absolute atomic E-state index is 0.0966. The lowest BCUT2D eigenvalue weighted by molar-refractivity contribution is -0.140. The molecule has 0 N–H and O–H groups in total. The van der Waals surface area contributed by atoms with E-state index < -0.39 is 13.9 Å². The van der Waals surface area contributed by atoms with Crippen LogP contribution in [0.25, 0.3) is 0 Å². The first-order valence-corrected chi connectivity index (χ1v) is 17.5. The summed E-state index contributed by atoms with van der Waals surface area (Å²) in [5.41, 5.74) is 2.91. The Hall–Kier alpha value is -1.67. The van der Waals surface area contributed by atoms with Gasteiger partial charge in [-0.05, 0) is 99.7 Å². The Bertz CT molecular complexity index is 987. The van der Waals surface area contributed by atoms with Crippen LogP contribution in [0.2, 0.25) is 19.6 Å². The van der Waals surface area contributed by atoms with Crippen LogP contribution in [0.4, 0.5) is 0 Å². The molecule has 0 heterocycles. The predicted molar refractivity (Wildman–Crippen MR) is 149 cm³/mol. The molecule has 0 aromatic carbocycles. The third kappa shape index (κ3) is 4.81. The number of nitrogens with zero attached hydrogens (tertiary/aromatic N) is 2. The molecule has 0 aliphatic heterocycles. The molecule has 7 nitrogen and oxygen atoms in total. The highest BCUT2D eigenvalue weighted by molar-refractivity contribution is 6.70. The van der Waals surface area contributed by atoms with Crippen molar-refractivity contribution >= 4 is 25.7 Å². The Kier molecular flexibility index (Phi) is 7.76. The van der Waals surface area contributed by atoms with Crippen LogP contribution in [0.5, 0.6) is 0 Å². The van der Waals surface area contributed by atoms with E-state index in [0.717, 1.165) is 43.5 Å². The van der Waals surface area contributed by atoms with Gasteiger partial charge in [0.15, 0.2) is 8.32 Å². The van der Waals surface area contributed by atoms with Gasteiger partial charge in [0.05, 0.1) is 5.71 Å². The lowest BCUT2D eigenvalue weighted by Crippen LogP contribution is -2.62. The zero-order valence-electron chi connectivity index (χ0n) is 24.5. The van der Waals surface area contributed by atoms with Crippen molar-refractivity contribution in [2.75, 3.05) is 20.8 Å². The largest absolute Gasteiger partial charge is 0.459 e. The Balaban J connectivity index is 1.74. The molecule has 0 unspecified atom stereocenters. The van der Waals surface area contributed by atoms with Gasteiger partial charge < -0.3 is 18.8 Å². The standard InChI is InChI=1S/C29H48N2O5Si/c1-19-16-22-23(27(3)13-10-21(30-33-5)17-25(19)27)11-14-28(4)24(22)12-15-29(28,36-37(7,8)9)26(31-34-6)18-35-20(2)32/h17,19,22-24H,10-16,18H2,1-9H3/b30-21+,31-26+/t19-,22+,23-,24-,27+,28-,29-/m0/s1. The number of esters is 1. The van der Waals surface area contributed by atoms with Crippen LogP contribution in [0.3, 0.4) is 0 Å². The van der Waals surface area contributed by atoms with E-state index in [-0.39, 0.29) is 23.4 Å². The molecule has 4 aliphatic rings. The van der Waals surface area contributed by atoms with Gasteiger partial charge in [0.25, 0.3) is 0 Å². The molecule has 0 amide bonds. The van der Waals surface area contributed by atoms with Crippen molar-refractivity contribution in [1.29, 1.82) is 0 Å². The van der Waals surface area contributed by atoms with Crippen LogP contribution in [0, 0.1) is 34.5 Å². The van der Waals surface area contributed by atoms with E-state index >= 15 is 0 Å². The van der Waals surface area contributed by atoms with E-state index in [1.807, 2.05) is 0 Å². The molecule has 3 saturated carbocycles. The summed E-state index contributed by atoms with van der Waals surface area (Å²) >= 11 is 0. The first-order valence-electron chi connectivity index (χ1n) is 14.1. The monoisotopic (exact) mass is 532 g/mol. The second-order valence-corrected chi connectivity index (χ2v) is 17.8. The van der Waals surface area contributed by atoms with Crippen LogP contribution >= 0.6 is 0 Å². The van der Waals surface area contributed by atoms with Crippen molar-refractivity contribution in [1.82, 2.24) is 0 Å². The van der Waals surface area contributed by atoms with Crippen molar-refractivity contribution in [2.45, 2.75) is 97.9 Å². The minimum atomic E-state index is -1.99. The average molecular weight is 533 g/mol. The molecule has 3 fully saturated rings. The van der Waals surface area contributed by atoms with Gasteiger partial charge >= 0.3 is 5.97 Å². The zero-order valence-corrected chi connectivity index (χ0v) is 25.5. The number of allylic oxidation sites excluding steroid dienone is 2. The Morgan fingerprint density at radius 2 is 1.78 bits per heavy atom. The summed E-state index contributed by atoms with van der Waals surface area (Å²) in [4.78, 5) is 22.3. The predicted octanol–water partition coefficient (Wildman–Crippen LogP) is 6.35. The first-order chi connectivity index (χ1) is 17.3. The summed E-state index contributed by atoms with van der Waals surface area (Å²) in [6, 6.07) is 0. The maximum atomic E-state index is 11.8. The number of carbonyl (C=O) groups is 1. The van der Waals surface area contributed by atoms with Gasteiger partial charge in [-0.15, -0.1) is 0 Å². The molecule has 0 aromatic rings. The molecule has 0 bridgehead atoms. The van der Waals surface area contributed by atoms with Crippen molar-refractivity contribution in [3.05, 3.63) is 11.6 Å². The molecule has 37 heavy (non-hydrogen) atoms. The van der Waals surface area contributed by atoms with Gasteiger partial charge in [0.1, 0.15) is 32.1 Å². The second kappa shape index (κ2) is 10.1. The third-order valence-corrected chi connectivity index (χ3v) is 11.1. The molecule has 208 valence electrons. The summed E-state index contributed by atoms with van der Waals surface area (Å²) in [5, 5.41) is 8.79. The quantitative estimate of drug-likeness (QED) is 0.165. The fourth-order valence-corrected chi connectivity index (χ4v) is 10.4. The summed E-state index contributed by atoms with van der Waals surface area (Å²) < 4.78 is 12.7. The van der Waals surface area contributed by atoms with E-state index in [1.165, 1.54) is 19.8 Å². The van der Waals surface area contributed by atoms with Crippen molar-refractivity contribution in [3.63, 3.8) is 0 Å². The number of hydrogen-bond acceptors (Lipinski definition) is 7. The molecule has 0 aromatic heterocycles. The topological polar surface area (TPSA) is 78.7 Å². The van der Waals surface area contributed by atoms with Crippen LogP contribution in [0.1, 0.15) is 72.6 Å². The maximum absolute atomic E-state index is 11.8. The maximum Gasteiger partial charge on any atom is 0.303 e. The zero-order chi connectivity index (χ0) is 27.2. The number of ether oxygens (including phenoxy) is 1. The molecular formula is C29H48N2O5Si. The Morgan fingerprint density at radius 3 is 2.41 bits per heavy atom. The molecule has 4 rings (SSSR count). The number of carbonyl (C=O) groups excluding carboxylic acids is 1. The normalized spacial score (nSPS) is 40.8. The van der Waals surface area contributed by atoms with Crippen molar-refractivity contribution in [3.8, 4) is 0 Å². The summed E-state index contributed by atoms with van der Waals surface area (Å²) in [6.07, 6.45) is 9.87. The highest BCUT2D eigenvalue weighted by atomic mass is 28.4.